The number of nitrogens with zero attached hydrogens (tertiary/aromatic N) is 1. The Morgan fingerprint density at radius 1 is 1.33 bits per heavy atom. The molecule has 0 amide bonds. The summed E-state index contributed by atoms with van der Waals surface area (Å²) in [7, 11) is 0. The minimum atomic E-state index is 0.665. The minimum Gasteiger partial charge on any atom is -0.242 e. The number of halogens is 1. The summed E-state index contributed by atoms with van der Waals surface area (Å²) in [5.41, 5.74) is 0.780. The molecule has 0 aliphatic heterocycles. The lowest BCUT2D eigenvalue weighted by Crippen LogP contribution is -2.03. The maximum absolute atomic E-state index is 8.42. The van der Waals surface area contributed by atoms with Gasteiger partial charge in [-0.05, 0) is 24.3 Å². The van der Waals surface area contributed by atoms with E-state index >= 15 is 0 Å². The molecule has 2 aromatic rings. The molecule has 4 heteroatoms. The van der Waals surface area contributed by atoms with Crippen LogP contribution < -0.4 is 4.99 Å². The van der Waals surface area contributed by atoms with E-state index in [-0.39, 0.29) is 0 Å². The average molecular weight is 184 g/mol. The van der Waals surface area contributed by atoms with Crippen molar-refractivity contribution < 1.29 is 10.2 Å². The fraction of sp³-hybridized carbons (Fsp3) is 0. The Balaban J connectivity index is 2.73. The van der Waals surface area contributed by atoms with Gasteiger partial charge in [-0.3, -0.25) is 0 Å². The summed E-state index contributed by atoms with van der Waals surface area (Å²) in [6.07, 6.45) is 1.61. The van der Waals surface area contributed by atoms with Crippen LogP contribution in [0.15, 0.2) is 30.5 Å². The van der Waals surface area contributed by atoms with Gasteiger partial charge in [0, 0.05) is 16.6 Å². The second-order valence-corrected chi connectivity index (χ2v) is 2.86. The molecular formula is C8H6ClNO2. The molecule has 0 saturated heterocycles. The third kappa shape index (κ3) is 1.03. The molecule has 1 N–H and O–H groups in total. The fourth-order valence-electron chi connectivity index (χ4n) is 1.16. The minimum absolute atomic E-state index is 0.665. The maximum Gasteiger partial charge on any atom is 0.0905 e. The lowest BCUT2D eigenvalue weighted by molar-refractivity contribution is -0.238. The molecule has 0 aliphatic carbocycles. The molecule has 12 heavy (non-hydrogen) atoms. The summed E-state index contributed by atoms with van der Waals surface area (Å²) >= 11 is 5.76. The second-order valence-electron chi connectivity index (χ2n) is 2.43. The van der Waals surface area contributed by atoms with E-state index in [0.29, 0.717) is 5.02 Å². The van der Waals surface area contributed by atoms with Gasteiger partial charge in [-0.15, -0.1) is 0 Å². The molecule has 0 unspecified atom stereocenters. The van der Waals surface area contributed by atoms with Crippen molar-refractivity contribution in [1.29, 1.82) is 0 Å². The molecule has 0 fully saturated rings. The molecule has 0 saturated carbocycles. The van der Waals surface area contributed by atoms with Gasteiger partial charge in [0.05, 0.1) is 5.52 Å². The largest absolute Gasteiger partial charge is 0.242 e. The van der Waals surface area contributed by atoms with E-state index in [1.165, 1.54) is 4.73 Å². The predicted molar refractivity (Wildman–Crippen MR) is 46.2 cm³/mol. The van der Waals surface area contributed by atoms with E-state index in [4.69, 9.17) is 16.9 Å². The van der Waals surface area contributed by atoms with Crippen molar-refractivity contribution in [2.24, 2.45) is 0 Å². The van der Waals surface area contributed by atoms with Crippen molar-refractivity contribution in [3.63, 3.8) is 0 Å². The number of aromatic nitrogens is 1. The summed E-state index contributed by atoms with van der Waals surface area (Å²) in [6.45, 7) is 0. The quantitative estimate of drug-likeness (QED) is 0.543. The van der Waals surface area contributed by atoms with Gasteiger partial charge in [0.1, 0.15) is 0 Å². The average Bonchev–Trinajstić information content (AvgIpc) is 2.46. The summed E-state index contributed by atoms with van der Waals surface area (Å²) in [4.78, 5) is 4.08. The van der Waals surface area contributed by atoms with E-state index < -0.39 is 0 Å². The molecule has 0 spiro atoms. The lowest BCUT2D eigenvalue weighted by atomic mass is 10.2. The molecule has 0 atom stereocenters. The van der Waals surface area contributed by atoms with Gasteiger partial charge in [-0.1, -0.05) is 11.6 Å². The maximum atomic E-state index is 8.42. The number of hydrogen-bond acceptors (Lipinski definition) is 2. The van der Waals surface area contributed by atoms with E-state index in [2.05, 4.69) is 4.99 Å². The molecular weight excluding hydrogens is 178 g/mol. The van der Waals surface area contributed by atoms with Gasteiger partial charge in [0.15, 0.2) is 0 Å². The summed E-state index contributed by atoms with van der Waals surface area (Å²) in [5.74, 6) is 0. The summed E-state index contributed by atoms with van der Waals surface area (Å²) in [6, 6.07) is 7.11. The standard InChI is InChI=1S/C8H6ClNO2/c9-7-1-2-8-6(5-7)3-4-10(8)12-11/h1-5,11H. The highest BCUT2D eigenvalue weighted by Crippen LogP contribution is 2.19. The first-order valence-electron chi connectivity index (χ1n) is 3.40. The first-order chi connectivity index (χ1) is 5.81. The van der Waals surface area contributed by atoms with E-state index in [1.54, 1.807) is 30.5 Å². The van der Waals surface area contributed by atoms with Gasteiger partial charge >= 0.3 is 0 Å². The van der Waals surface area contributed by atoms with Crippen LogP contribution in [0.2, 0.25) is 5.02 Å². The van der Waals surface area contributed by atoms with Crippen LogP contribution in [-0.2, 0) is 0 Å². The normalized spacial score (nSPS) is 10.5. The van der Waals surface area contributed by atoms with Crippen LogP contribution in [0.25, 0.3) is 10.9 Å². The zero-order valence-corrected chi connectivity index (χ0v) is 6.82. The van der Waals surface area contributed by atoms with Gasteiger partial charge in [0.2, 0.25) is 0 Å². The topological polar surface area (TPSA) is 34.4 Å². The number of benzene rings is 1. The number of rotatable bonds is 1. The van der Waals surface area contributed by atoms with Crippen LogP contribution in [0.4, 0.5) is 0 Å². The SMILES string of the molecule is OOn1ccc2cc(Cl)ccc21. The van der Waals surface area contributed by atoms with Crippen molar-refractivity contribution in [2.45, 2.75) is 0 Å². The Morgan fingerprint density at radius 2 is 2.17 bits per heavy atom. The van der Waals surface area contributed by atoms with Crippen LogP contribution in [-0.4, -0.2) is 9.99 Å². The van der Waals surface area contributed by atoms with Crippen LogP contribution in [0.5, 0.6) is 0 Å². The highest BCUT2D eigenvalue weighted by Gasteiger charge is 2.00. The van der Waals surface area contributed by atoms with Crippen molar-refractivity contribution >= 4 is 22.5 Å². The smallest absolute Gasteiger partial charge is 0.0905 e. The van der Waals surface area contributed by atoms with Gasteiger partial charge in [-0.2, -0.15) is 9.99 Å². The lowest BCUT2D eigenvalue weighted by Gasteiger charge is -1.97. The Morgan fingerprint density at radius 3 is 2.92 bits per heavy atom. The Hall–Kier alpha value is -1.19. The van der Waals surface area contributed by atoms with Gasteiger partial charge in [-0.25, -0.2) is 4.99 Å². The summed E-state index contributed by atoms with van der Waals surface area (Å²) in [5, 5.41) is 10.0. The Labute approximate surface area is 73.6 Å². The third-order valence-corrected chi connectivity index (χ3v) is 1.94. The van der Waals surface area contributed by atoms with Crippen molar-refractivity contribution in [2.75, 3.05) is 0 Å². The van der Waals surface area contributed by atoms with Crippen LogP contribution >= 0.6 is 11.6 Å². The highest BCUT2D eigenvalue weighted by atomic mass is 35.5. The molecule has 2 rings (SSSR count). The van der Waals surface area contributed by atoms with E-state index in [9.17, 15) is 0 Å². The summed E-state index contributed by atoms with van der Waals surface area (Å²) < 4.78 is 1.26. The van der Waals surface area contributed by atoms with Crippen molar-refractivity contribution in [1.82, 2.24) is 4.73 Å². The highest BCUT2D eigenvalue weighted by molar-refractivity contribution is 6.31. The second kappa shape index (κ2) is 2.69. The number of fused-ring (bicyclic) bond motifs is 1. The fourth-order valence-corrected chi connectivity index (χ4v) is 1.34. The molecule has 1 aromatic carbocycles. The van der Waals surface area contributed by atoms with Gasteiger partial charge in [0.25, 0.3) is 0 Å². The molecule has 62 valence electrons. The first kappa shape index (κ1) is 7.46. The van der Waals surface area contributed by atoms with Crippen LogP contribution in [0.3, 0.4) is 0 Å². The zero-order valence-electron chi connectivity index (χ0n) is 6.07. The predicted octanol–water partition coefficient (Wildman–Crippen LogP) is 2.20. The van der Waals surface area contributed by atoms with E-state index in [1.807, 2.05) is 0 Å². The molecule has 1 heterocycles. The number of hydrogen-bond donors (Lipinski definition) is 1. The molecule has 0 radical (unpaired) electrons. The molecule has 3 nitrogen and oxygen atoms in total. The molecule has 0 aliphatic rings. The molecule has 0 bridgehead atoms. The van der Waals surface area contributed by atoms with Crippen LogP contribution in [0.1, 0.15) is 0 Å². The zero-order chi connectivity index (χ0) is 8.55. The van der Waals surface area contributed by atoms with Crippen molar-refractivity contribution in [3.8, 4) is 0 Å². The van der Waals surface area contributed by atoms with E-state index in [0.717, 1.165) is 10.9 Å². The Bertz CT molecular complexity index is 410. The van der Waals surface area contributed by atoms with Crippen molar-refractivity contribution in [3.05, 3.63) is 35.5 Å². The Kier molecular flexibility index (Phi) is 1.67. The van der Waals surface area contributed by atoms with Gasteiger partial charge < -0.3 is 0 Å². The third-order valence-electron chi connectivity index (χ3n) is 1.70. The monoisotopic (exact) mass is 183 g/mol. The molecule has 1 aromatic heterocycles. The van der Waals surface area contributed by atoms with Crippen LogP contribution in [0, 0.1) is 0 Å². The first-order valence-corrected chi connectivity index (χ1v) is 3.77.